The molecular formula is C14H18FNO2S. The van der Waals surface area contributed by atoms with Crippen LogP contribution in [0.1, 0.15) is 32.3 Å². The maximum Gasteiger partial charge on any atom is 0.130 e. The molecule has 0 amide bonds. The van der Waals surface area contributed by atoms with E-state index in [9.17, 15) is 4.39 Å². The van der Waals surface area contributed by atoms with Crippen molar-refractivity contribution >= 4 is 17.2 Å². The molecule has 1 saturated heterocycles. The predicted octanol–water partition coefficient (Wildman–Crippen LogP) is 2.79. The van der Waals surface area contributed by atoms with Gasteiger partial charge in [-0.3, -0.25) is 0 Å². The van der Waals surface area contributed by atoms with E-state index in [0.717, 1.165) is 12.8 Å². The van der Waals surface area contributed by atoms with Gasteiger partial charge in [-0.1, -0.05) is 12.2 Å². The Morgan fingerprint density at radius 3 is 2.58 bits per heavy atom. The number of halogens is 1. The van der Waals surface area contributed by atoms with E-state index in [0.29, 0.717) is 11.3 Å². The van der Waals surface area contributed by atoms with Crippen LogP contribution in [0.25, 0.3) is 0 Å². The Morgan fingerprint density at radius 1 is 1.37 bits per heavy atom. The first-order valence-electron chi connectivity index (χ1n) is 6.37. The first kappa shape index (κ1) is 14.2. The third kappa shape index (κ3) is 3.64. The second-order valence-electron chi connectivity index (χ2n) is 4.97. The Morgan fingerprint density at radius 2 is 2.00 bits per heavy atom. The van der Waals surface area contributed by atoms with Crippen LogP contribution >= 0.6 is 12.2 Å². The number of ether oxygens (including phenoxy) is 2. The fourth-order valence-corrected chi connectivity index (χ4v) is 2.58. The number of hydrogen-bond acceptors (Lipinski definition) is 3. The molecule has 1 aliphatic heterocycles. The van der Waals surface area contributed by atoms with Gasteiger partial charge in [-0.05, 0) is 32.0 Å². The summed E-state index contributed by atoms with van der Waals surface area (Å²) >= 11 is 4.93. The zero-order chi connectivity index (χ0) is 14.0. The number of thiocarbonyl (C=S) groups is 1. The number of rotatable bonds is 3. The van der Waals surface area contributed by atoms with Crippen molar-refractivity contribution < 1.29 is 13.9 Å². The van der Waals surface area contributed by atoms with Gasteiger partial charge in [0, 0.05) is 12.8 Å². The van der Waals surface area contributed by atoms with Crippen molar-refractivity contribution in [3.8, 4) is 5.75 Å². The SMILES string of the molecule is CC1CC(Oc2ccc(F)cc2C(N)=S)CC(C)O1. The van der Waals surface area contributed by atoms with Crippen molar-refractivity contribution in [2.24, 2.45) is 5.73 Å². The highest BCUT2D eigenvalue weighted by molar-refractivity contribution is 7.80. The summed E-state index contributed by atoms with van der Waals surface area (Å²) < 4.78 is 24.8. The van der Waals surface area contributed by atoms with E-state index in [2.05, 4.69) is 0 Å². The van der Waals surface area contributed by atoms with Gasteiger partial charge in [0.15, 0.2) is 0 Å². The molecule has 1 aromatic rings. The van der Waals surface area contributed by atoms with Crippen molar-refractivity contribution in [1.29, 1.82) is 0 Å². The smallest absolute Gasteiger partial charge is 0.130 e. The average molecular weight is 283 g/mol. The van der Waals surface area contributed by atoms with Gasteiger partial charge in [0.25, 0.3) is 0 Å². The molecule has 1 fully saturated rings. The van der Waals surface area contributed by atoms with Crippen LogP contribution in [0.15, 0.2) is 18.2 Å². The van der Waals surface area contributed by atoms with Gasteiger partial charge < -0.3 is 15.2 Å². The second-order valence-corrected chi connectivity index (χ2v) is 5.41. The summed E-state index contributed by atoms with van der Waals surface area (Å²) in [4.78, 5) is 0.141. The quantitative estimate of drug-likeness (QED) is 0.866. The summed E-state index contributed by atoms with van der Waals surface area (Å²) in [5.41, 5.74) is 6.05. The van der Waals surface area contributed by atoms with Gasteiger partial charge in [-0.25, -0.2) is 4.39 Å². The molecule has 5 heteroatoms. The summed E-state index contributed by atoms with van der Waals surface area (Å²) in [6.45, 7) is 4.04. The number of benzene rings is 1. The van der Waals surface area contributed by atoms with Crippen LogP contribution in [-0.4, -0.2) is 23.3 Å². The molecule has 1 heterocycles. The van der Waals surface area contributed by atoms with E-state index in [4.69, 9.17) is 27.4 Å². The van der Waals surface area contributed by atoms with Gasteiger partial charge in [-0.15, -0.1) is 0 Å². The van der Waals surface area contributed by atoms with E-state index in [1.807, 2.05) is 13.8 Å². The molecule has 104 valence electrons. The zero-order valence-electron chi connectivity index (χ0n) is 11.1. The maximum absolute atomic E-state index is 13.2. The largest absolute Gasteiger partial charge is 0.489 e. The van der Waals surface area contributed by atoms with Gasteiger partial charge >= 0.3 is 0 Å². The molecule has 0 radical (unpaired) electrons. The monoisotopic (exact) mass is 283 g/mol. The molecule has 0 bridgehead atoms. The Hall–Kier alpha value is -1.20. The minimum absolute atomic E-state index is 0.0392. The van der Waals surface area contributed by atoms with Crippen LogP contribution in [-0.2, 0) is 4.74 Å². The highest BCUT2D eigenvalue weighted by Gasteiger charge is 2.26. The van der Waals surface area contributed by atoms with Crippen LogP contribution in [0, 0.1) is 5.82 Å². The molecule has 1 aromatic carbocycles. The van der Waals surface area contributed by atoms with E-state index in [1.165, 1.54) is 12.1 Å². The molecule has 0 saturated carbocycles. The van der Waals surface area contributed by atoms with Crippen molar-refractivity contribution in [2.75, 3.05) is 0 Å². The van der Waals surface area contributed by atoms with Crippen molar-refractivity contribution in [3.05, 3.63) is 29.6 Å². The highest BCUT2D eigenvalue weighted by Crippen LogP contribution is 2.27. The number of nitrogens with two attached hydrogens (primary N) is 1. The lowest BCUT2D eigenvalue weighted by Crippen LogP contribution is -2.36. The minimum Gasteiger partial charge on any atom is -0.489 e. The van der Waals surface area contributed by atoms with Gasteiger partial charge in [-0.2, -0.15) is 0 Å². The normalized spacial score (nSPS) is 27.0. The lowest BCUT2D eigenvalue weighted by Gasteiger charge is -2.32. The summed E-state index contributed by atoms with van der Waals surface area (Å²) in [5.74, 6) is 0.170. The van der Waals surface area contributed by atoms with Gasteiger partial charge in [0.05, 0.1) is 17.8 Å². The Labute approximate surface area is 117 Å². The van der Waals surface area contributed by atoms with Crippen LogP contribution in [0.2, 0.25) is 0 Å². The standard InChI is InChI=1S/C14H18FNO2S/c1-8-5-11(6-9(2)17-8)18-13-4-3-10(15)7-12(13)14(16)19/h3-4,7-9,11H,5-6H2,1-2H3,(H2,16,19). The molecule has 0 aromatic heterocycles. The number of hydrogen-bond donors (Lipinski definition) is 1. The van der Waals surface area contributed by atoms with Gasteiger partial charge in [0.2, 0.25) is 0 Å². The third-order valence-corrected chi connectivity index (χ3v) is 3.37. The molecule has 3 nitrogen and oxygen atoms in total. The highest BCUT2D eigenvalue weighted by atomic mass is 32.1. The molecular weight excluding hydrogens is 265 g/mol. The zero-order valence-corrected chi connectivity index (χ0v) is 11.9. The molecule has 0 aliphatic carbocycles. The average Bonchev–Trinajstić information content (AvgIpc) is 2.30. The lowest BCUT2D eigenvalue weighted by atomic mass is 10.0. The molecule has 0 spiro atoms. The molecule has 2 rings (SSSR count). The molecule has 2 N–H and O–H groups in total. The fourth-order valence-electron chi connectivity index (χ4n) is 2.42. The van der Waals surface area contributed by atoms with E-state index < -0.39 is 0 Å². The minimum atomic E-state index is -0.371. The first-order chi connectivity index (χ1) is 8.95. The van der Waals surface area contributed by atoms with Crippen LogP contribution in [0.5, 0.6) is 5.75 Å². The molecule has 19 heavy (non-hydrogen) atoms. The fraction of sp³-hybridized carbons (Fsp3) is 0.500. The maximum atomic E-state index is 13.2. The summed E-state index contributed by atoms with van der Waals surface area (Å²) in [5, 5.41) is 0. The topological polar surface area (TPSA) is 44.5 Å². The van der Waals surface area contributed by atoms with Crippen LogP contribution in [0.3, 0.4) is 0 Å². The Kier molecular flexibility index (Phi) is 4.37. The van der Waals surface area contributed by atoms with Crippen molar-refractivity contribution in [1.82, 2.24) is 0 Å². The molecule has 1 aliphatic rings. The lowest BCUT2D eigenvalue weighted by molar-refractivity contribution is -0.0721. The second kappa shape index (κ2) is 5.84. The van der Waals surface area contributed by atoms with E-state index in [1.54, 1.807) is 6.07 Å². The van der Waals surface area contributed by atoms with Gasteiger partial charge in [0.1, 0.15) is 22.7 Å². The van der Waals surface area contributed by atoms with Crippen molar-refractivity contribution in [2.45, 2.75) is 45.0 Å². The Balaban J connectivity index is 2.16. The van der Waals surface area contributed by atoms with E-state index in [-0.39, 0.29) is 29.1 Å². The first-order valence-corrected chi connectivity index (χ1v) is 6.78. The predicted molar refractivity (Wildman–Crippen MR) is 75.9 cm³/mol. The summed E-state index contributed by atoms with van der Waals surface area (Å²) in [6.07, 6.45) is 1.96. The van der Waals surface area contributed by atoms with Crippen LogP contribution < -0.4 is 10.5 Å². The summed E-state index contributed by atoms with van der Waals surface area (Å²) in [7, 11) is 0. The van der Waals surface area contributed by atoms with E-state index >= 15 is 0 Å². The third-order valence-electron chi connectivity index (χ3n) is 3.15. The summed E-state index contributed by atoms with van der Waals surface area (Å²) in [6, 6.07) is 4.24. The van der Waals surface area contributed by atoms with Crippen molar-refractivity contribution in [3.63, 3.8) is 0 Å². The molecule has 2 atom stereocenters. The van der Waals surface area contributed by atoms with Crippen LogP contribution in [0.4, 0.5) is 4.39 Å². The Bertz CT molecular complexity index is 471. The molecule has 2 unspecified atom stereocenters.